The number of para-hydroxylation sites is 1. The second kappa shape index (κ2) is 7.95. The minimum Gasteiger partial charge on any atom is -0.465 e. The summed E-state index contributed by atoms with van der Waals surface area (Å²) in [6.07, 6.45) is 3.20. The van der Waals surface area contributed by atoms with Crippen LogP contribution in [-0.4, -0.2) is 46.9 Å². The monoisotopic (exact) mass is 354 g/mol. The molecular weight excluding hydrogens is 332 g/mol. The van der Waals surface area contributed by atoms with E-state index in [0.29, 0.717) is 28.6 Å². The van der Waals surface area contributed by atoms with Crippen LogP contribution in [0.15, 0.2) is 30.3 Å². The van der Waals surface area contributed by atoms with Gasteiger partial charge in [-0.3, -0.25) is 4.79 Å². The fourth-order valence-electron chi connectivity index (χ4n) is 3.02. The molecule has 0 saturated carbocycles. The van der Waals surface area contributed by atoms with E-state index in [-0.39, 0.29) is 5.91 Å². The first-order valence-corrected chi connectivity index (χ1v) is 8.68. The maximum absolute atomic E-state index is 12.7. The van der Waals surface area contributed by atoms with Crippen molar-refractivity contribution in [1.82, 2.24) is 14.9 Å². The van der Waals surface area contributed by atoms with Gasteiger partial charge in [-0.1, -0.05) is 12.1 Å². The lowest BCUT2D eigenvalue weighted by Crippen LogP contribution is -2.36. The van der Waals surface area contributed by atoms with Crippen LogP contribution in [0.5, 0.6) is 0 Å². The highest BCUT2D eigenvalue weighted by Crippen LogP contribution is 2.22. The normalized spacial score (nSPS) is 14.0. The highest BCUT2D eigenvalue weighted by Gasteiger charge is 2.21. The molecule has 2 aromatic rings. The molecule has 2 heterocycles. The molecule has 3 rings (SSSR count). The molecule has 0 atom stereocenters. The number of hydrogen-bond donors (Lipinski definition) is 1. The molecule has 0 unspecified atom stereocenters. The minimum atomic E-state index is -0.441. The second-order valence-corrected chi connectivity index (χ2v) is 6.20. The summed E-state index contributed by atoms with van der Waals surface area (Å²) in [5, 5.41) is 3.10. The van der Waals surface area contributed by atoms with Gasteiger partial charge in [-0.05, 0) is 38.3 Å². The van der Waals surface area contributed by atoms with Gasteiger partial charge in [-0.15, -0.1) is 0 Å². The van der Waals surface area contributed by atoms with E-state index < -0.39 is 5.97 Å². The van der Waals surface area contributed by atoms with Crippen molar-refractivity contribution in [3.05, 3.63) is 47.4 Å². The topological polar surface area (TPSA) is 84.4 Å². The number of nitrogens with zero attached hydrogens (tertiary/aromatic N) is 3. The van der Waals surface area contributed by atoms with E-state index in [0.717, 1.165) is 32.4 Å². The first kappa shape index (κ1) is 17.8. The Balaban J connectivity index is 1.87. The molecule has 1 amide bonds. The van der Waals surface area contributed by atoms with Gasteiger partial charge in [0.1, 0.15) is 17.3 Å². The zero-order valence-corrected chi connectivity index (χ0v) is 15.0. The van der Waals surface area contributed by atoms with Crippen molar-refractivity contribution in [3.8, 4) is 0 Å². The van der Waals surface area contributed by atoms with E-state index in [1.807, 2.05) is 11.0 Å². The van der Waals surface area contributed by atoms with E-state index in [4.69, 9.17) is 4.74 Å². The van der Waals surface area contributed by atoms with Crippen LogP contribution >= 0.6 is 0 Å². The summed E-state index contributed by atoms with van der Waals surface area (Å²) in [5.74, 6) is 0.433. The number of carbonyl (C=O) groups is 2. The summed E-state index contributed by atoms with van der Waals surface area (Å²) in [7, 11) is 1.34. The molecule has 1 fully saturated rings. The number of benzene rings is 1. The molecule has 1 aliphatic rings. The lowest BCUT2D eigenvalue weighted by atomic mass is 10.1. The van der Waals surface area contributed by atoms with Gasteiger partial charge in [0.25, 0.3) is 5.91 Å². The van der Waals surface area contributed by atoms with E-state index in [9.17, 15) is 9.59 Å². The van der Waals surface area contributed by atoms with Gasteiger partial charge in [-0.2, -0.15) is 0 Å². The molecule has 136 valence electrons. The predicted molar refractivity (Wildman–Crippen MR) is 97.6 cm³/mol. The van der Waals surface area contributed by atoms with Crippen molar-refractivity contribution in [2.24, 2.45) is 0 Å². The Morgan fingerprint density at radius 2 is 1.85 bits per heavy atom. The van der Waals surface area contributed by atoms with Gasteiger partial charge in [0, 0.05) is 19.2 Å². The number of amides is 1. The van der Waals surface area contributed by atoms with E-state index in [1.165, 1.54) is 7.11 Å². The quantitative estimate of drug-likeness (QED) is 0.850. The highest BCUT2D eigenvalue weighted by atomic mass is 16.5. The lowest BCUT2D eigenvalue weighted by Gasteiger charge is -2.26. The number of aryl methyl sites for hydroxylation is 1. The summed E-state index contributed by atoms with van der Waals surface area (Å²) in [6.45, 7) is 3.26. The number of anilines is 2. The Kier molecular flexibility index (Phi) is 5.46. The molecule has 1 aliphatic heterocycles. The van der Waals surface area contributed by atoms with Crippen LogP contribution in [0.3, 0.4) is 0 Å². The first-order valence-electron chi connectivity index (χ1n) is 8.68. The van der Waals surface area contributed by atoms with Crippen molar-refractivity contribution < 1.29 is 14.3 Å². The zero-order chi connectivity index (χ0) is 18.5. The molecule has 7 heteroatoms. The van der Waals surface area contributed by atoms with Crippen LogP contribution in [0.4, 0.5) is 11.5 Å². The number of esters is 1. The molecule has 0 radical (unpaired) electrons. The summed E-state index contributed by atoms with van der Waals surface area (Å²) in [5.41, 5.74) is 1.32. The second-order valence-electron chi connectivity index (χ2n) is 6.20. The standard InChI is InChI=1S/C19H22N4O3/c1-13-20-16(18(24)23-10-6-3-7-11-23)12-17(21-13)22-15-9-5-4-8-14(15)19(25)26-2/h4-5,8-9,12H,3,6-7,10-11H2,1-2H3,(H,20,21,22). The van der Waals surface area contributed by atoms with Crippen LogP contribution < -0.4 is 5.32 Å². The molecule has 7 nitrogen and oxygen atoms in total. The van der Waals surface area contributed by atoms with Gasteiger partial charge in [0.2, 0.25) is 0 Å². The minimum absolute atomic E-state index is 0.0838. The van der Waals surface area contributed by atoms with Crippen LogP contribution in [0.2, 0.25) is 0 Å². The van der Waals surface area contributed by atoms with E-state index >= 15 is 0 Å². The third-order valence-electron chi connectivity index (χ3n) is 4.30. The fourth-order valence-corrected chi connectivity index (χ4v) is 3.02. The number of ether oxygens (including phenoxy) is 1. The SMILES string of the molecule is COC(=O)c1ccccc1Nc1cc(C(=O)N2CCCCC2)nc(C)n1. The third-order valence-corrected chi connectivity index (χ3v) is 4.30. The number of piperidine rings is 1. The number of nitrogens with one attached hydrogen (secondary N) is 1. The molecule has 1 saturated heterocycles. The first-order chi connectivity index (χ1) is 12.6. The molecule has 26 heavy (non-hydrogen) atoms. The number of methoxy groups -OCH3 is 1. The summed E-state index contributed by atoms with van der Waals surface area (Å²) >= 11 is 0. The number of likely N-dealkylation sites (tertiary alicyclic amines) is 1. The predicted octanol–water partition coefficient (Wildman–Crippen LogP) is 2.94. The summed E-state index contributed by atoms with van der Waals surface area (Å²) in [4.78, 5) is 35.1. The van der Waals surface area contributed by atoms with Gasteiger partial charge >= 0.3 is 5.97 Å². The number of aromatic nitrogens is 2. The van der Waals surface area contributed by atoms with Crippen LogP contribution in [-0.2, 0) is 4.74 Å². The van der Waals surface area contributed by atoms with Crippen molar-refractivity contribution in [3.63, 3.8) is 0 Å². The maximum Gasteiger partial charge on any atom is 0.339 e. The van der Waals surface area contributed by atoms with E-state index in [2.05, 4.69) is 15.3 Å². The summed E-state index contributed by atoms with van der Waals surface area (Å²) in [6, 6.07) is 8.62. The average molecular weight is 354 g/mol. The smallest absolute Gasteiger partial charge is 0.339 e. The van der Waals surface area contributed by atoms with Crippen LogP contribution in [0.1, 0.15) is 45.9 Å². The number of hydrogen-bond acceptors (Lipinski definition) is 6. The fraction of sp³-hybridized carbons (Fsp3) is 0.368. The van der Waals surface area contributed by atoms with Gasteiger partial charge in [-0.25, -0.2) is 14.8 Å². The van der Waals surface area contributed by atoms with Gasteiger partial charge in [0.15, 0.2) is 0 Å². The molecule has 0 aliphatic carbocycles. The summed E-state index contributed by atoms with van der Waals surface area (Å²) < 4.78 is 4.81. The third kappa shape index (κ3) is 3.99. The largest absolute Gasteiger partial charge is 0.465 e. The Labute approximate surface area is 152 Å². The van der Waals surface area contributed by atoms with E-state index in [1.54, 1.807) is 31.2 Å². The Morgan fingerprint density at radius 1 is 1.12 bits per heavy atom. The maximum atomic E-state index is 12.7. The molecule has 1 aromatic carbocycles. The average Bonchev–Trinajstić information content (AvgIpc) is 2.67. The molecule has 0 spiro atoms. The molecule has 0 bridgehead atoms. The Hall–Kier alpha value is -2.96. The highest BCUT2D eigenvalue weighted by molar-refractivity contribution is 5.97. The zero-order valence-electron chi connectivity index (χ0n) is 15.0. The molecular formula is C19H22N4O3. The number of carbonyl (C=O) groups excluding carboxylic acids is 2. The van der Waals surface area contributed by atoms with Crippen molar-refractivity contribution in [1.29, 1.82) is 0 Å². The van der Waals surface area contributed by atoms with Crippen molar-refractivity contribution in [2.75, 3.05) is 25.5 Å². The van der Waals surface area contributed by atoms with Gasteiger partial charge in [0.05, 0.1) is 18.4 Å². The Morgan fingerprint density at radius 3 is 2.58 bits per heavy atom. The lowest BCUT2D eigenvalue weighted by molar-refractivity contribution is 0.0601. The Bertz CT molecular complexity index is 816. The van der Waals surface area contributed by atoms with Crippen LogP contribution in [0, 0.1) is 6.92 Å². The van der Waals surface area contributed by atoms with Crippen molar-refractivity contribution >= 4 is 23.4 Å². The molecule has 1 aromatic heterocycles. The van der Waals surface area contributed by atoms with Gasteiger partial charge < -0.3 is 15.0 Å². The number of rotatable bonds is 4. The van der Waals surface area contributed by atoms with Crippen LogP contribution in [0.25, 0.3) is 0 Å². The van der Waals surface area contributed by atoms with Crippen molar-refractivity contribution in [2.45, 2.75) is 26.2 Å². The molecule has 1 N–H and O–H groups in total.